The van der Waals surface area contributed by atoms with Gasteiger partial charge in [0.2, 0.25) is 5.71 Å². The molecule has 1 N–H and O–H groups in total. The van der Waals surface area contributed by atoms with Gasteiger partial charge in [-0.05, 0) is 37.2 Å². The number of ether oxygens (including phenoxy) is 1. The monoisotopic (exact) mass is 442 g/mol. The Kier molecular flexibility index (Phi) is 6.17. The van der Waals surface area contributed by atoms with Crippen molar-refractivity contribution in [3.63, 3.8) is 0 Å². The molecule has 1 fully saturated rings. The highest BCUT2D eigenvalue weighted by Gasteiger charge is 2.27. The topological polar surface area (TPSA) is 85.5 Å². The second-order valence-electron chi connectivity index (χ2n) is 8.60. The fourth-order valence-corrected chi connectivity index (χ4v) is 4.86. The van der Waals surface area contributed by atoms with Gasteiger partial charge >= 0.3 is 5.97 Å². The van der Waals surface area contributed by atoms with E-state index in [0.29, 0.717) is 11.6 Å². The molecule has 1 aliphatic carbocycles. The molecule has 0 unspecified atom stereocenters. The van der Waals surface area contributed by atoms with Gasteiger partial charge in [-0.1, -0.05) is 67.1 Å². The van der Waals surface area contributed by atoms with Crippen LogP contribution in [0.4, 0.5) is 0 Å². The first kappa shape index (κ1) is 21.3. The number of hydrogen-bond donors (Lipinski definition) is 1. The summed E-state index contributed by atoms with van der Waals surface area (Å²) in [5.41, 5.74) is 4.64. The van der Waals surface area contributed by atoms with Crippen molar-refractivity contribution in [2.75, 3.05) is 6.61 Å². The van der Waals surface area contributed by atoms with Crippen molar-refractivity contribution in [2.24, 2.45) is 5.92 Å². The number of carboxylic acids is 1. The van der Waals surface area contributed by atoms with Crippen LogP contribution in [0.5, 0.6) is 0 Å². The zero-order chi connectivity index (χ0) is 22.6. The molecule has 5 rings (SSSR count). The average molecular weight is 443 g/mol. The maximum Gasteiger partial charge on any atom is 0.329 e. The maximum atomic E-state index is 10.9. The Labute approximate surface area is 192 Å². The summed E-state index contributed by atoms with van der Waals surface area (Å²) < 4.78 is 11.9. The van der Waals surface area contributed by atoms with Crippen molar-refractivity contribution < 1.29 is 19.1 Å². The molecule has 0 amide bonds. The lowest BCUT2D eigenvalue weighted by Gasteiger charge is -2.28. The Morgan fingerprint density at radius 1 is 1.00 bits per heavy atom. The van der Waals surface area contributed by atoms with Crippen molar-refractivity contribution in [1.82, 2.24) is 9.97 Å². The SMILES string of the molecule is O=C(O)CO[C@@H]1CCC[C@H](Cc2ncnc3oc(-c4ccccc4)c(-c4ccccc4)c23)C1. The van der Waals surface area contributed by atoms with Gasteiger partial charge in [-0.25, -0.2) is 14.8 Å². The van der Waals surface area contributed by atoms with Crippen molar-refractivity contribution in [3.8, 4) is 22.5 Å². The first-order valence-electron chi connectivity index (χ1n) is 11.4. The van der Waals surface area contributed by atoms with Gasteiger partial charge < -0.3 is 14.3 Å². The molecule has 4 aromatic rings. The standard InChI is InChI=1S/C27H26N2O4/c30-23(31)16-32-21-13-7-8-18(14-21)15-22-25-24(19-9-3-1-4-10-19)26(20-11-5-2-6-12-20)33-27(25)29-17-28-22/h1-6,9-12,17-18,21H,7-8,13-16H2,(H,30,31)/t18-,21+/m0/s1. The van der Waals surface area contributed by atoms with Gasteiger partial charge in [0, 0.05) is 11.1 Å². The quantitative estimate of drug-likeness (QED) is 0.392. The summed E-state index contributed by atoms with van der Waals surface area (Å²) in [6.45, 7) is -0.241. The molecule has 0 radical (unpaired) electrons. The first-order chi connectivity index (χ1) is 16.2. The van der Waals surface area contributed by atoms with E-state index < -0.39 is 5.97 Å². The molecule has 0 saturated heterocycles. The molecule has 168 valence electrons. The van der Waals surface area contributed by atoms with Crippen LogP contribution >= 0.6 is 0 Å². The van der Waals surface area contributed by atoms with Crippen molar-refractivity contribution in [3.05, 3.63) is 72.7 Å². The molecule has 0 bridgehead atoms. The number of rotatable bonds is 7. The summed E-state index contributed by atoms with van der Waals surface area (Å²) in [4.78, 5) is 20.1. The minimum atomic E-state index is -0.922. The Morgan fingerprint density at radius 3 is 2.45 bits per heavy atom. The molecule has 6 nitrogen and oxygen atoms in total. The fraction of sp³-hybridized carbons (Fsp3) is 0.296. The van der Waals surface area contributed by atoms with Gasteiger partial charge in [0.15, 0.2) is 0 Å². The number of aliphatic carboxylic acids is 1. The third kappa shape index (κ3) is 4.66. The van der Waals surface area contributed by atoms with Crippen LogP contribution in [-0.2, 0) is 16.0 Å². The lowest BCUT2D eigenvalue weighted by atomic mass is 9.83. The predicted octanol–water partition coefficient (Wildman–Crippen LogP) is 5.76. The zero-order valence-corrected chi connectivity index (χ0v) is 18.3. The van der Waals surface area contributed by atoms with Crippen LogP contribution in [0.1, 0.15) is 31.4 Å². The molecular formula is C27H26N2O4. The van der Waals surface area contributed by atoms with E-state index in [4.69, 9.17) is 14.3 Å². The summed E-state index contributed by atoms with van der Waals surface area (Å²) >= 11 is 0. The largest absolute Gasteiger partial charge is 0.480 e. The lowest BCUT2D eigenvalue weighted by Crippen LogP contribution is -2.26. The fourth-order valence-electron chi connectivity index (χ4n) is 4.86. The van der Waals surface area contributed by atoms with Gasteiger partial charge in [-0.15, -0.1) is 0 Å². The van der Waals surface area contributed by atoms with Gasteiger partial charge in [0.05, 0.1) is 17.2 Å². The number of carbonyl (C=O) groups is 1. The van der Waals surface area contributed by atoms with Gasteiger partial charge in [0.25, 0.3) is 0 Å². The molecule has 2 atom stereocenters. The van der Waals surface area contributed by atoms with Crippen LogP contribution in [0.2, 0.25) is 0 Å². The number of nitrogens with zero attached hydrogens (tertiary/aromatic N) is 2. The van der Waals surface area contributed by atoms with E-state index in [-0.39, 0.29) is 12.7 Å². The normalized spacial score (nSPS) is 18.4. The smallest absolute Gasteiger partial charge is 0.329 e. The molecule has 1 saturated carbocycles. The lowest BCUT2D eigenvalue weighted by molar-refractivity contribution is -0.145. The number of carboxylic acid groups (broad SMARTS) is 1. The van der Waals surface area contributed by atoms with Crippen LogP contribution in [0.3, 0.4) is 0 Å². The van der Waals surface area contributed by atoms with Crippen molar-refractivity contribution in [1.29, 1.82) is 0 Å². The Bertz CT molecular complexity index is 1240. The predicted molar refractivity (Wildman–Crippen MR) is 126 cm³/mol. The molecule has 0 aliphatic heterocycles. The second kappa shape index (κ2) is 9.55. The summed E-state index contributed by atoms with van der Waals surface area (Å²) in [6.07, 6.45) is 6.17. The van der Waals surface area contributed by atoms with Gasteiger partial charge in [-0.3, -0.25) is 0 Å². The van der Waals surface area contributed by atoms with E-state index in [9.17, 15) is 4.79 Å². The van der Waals surface area contributed by atoms with Crippen LogP contribution in [0, 0.1) is 5.92 Å². The first-order valence-corrected chi connectivity index (χ1v) is 11.4. The molecule has 2 aromatic heterocycles. The average Bonchev–Trinajstić information content (AvgIpc) is 3.25. The van der Waals surface area contributed by atoms with E-state index in [0.717, 1.165) is 65.6 Å². The number of aromatic nitrogens is 2. The number of furan rings is 1. The number of fused-ring (bicyclic) bond motifs is 1. The van der Waals surface area contributed by atoms with E-state index >= 15 is 0 Å². The van der Waals surface area contributed by atoms with Gasteiger partial charge in [0.1, 0.15) is 18.7 Å². The summed E-state index contributed by atoms with van der Waals surface area (Å²) in [7, 11) is 0. The Morgan fingerprint density at radius 2 is 1.73 bits per heavy atom. The maximum absolute atomic E-state index is 10.9. The van der Waals surface area contributed by atoms with Crippen molar-refractivity contribution >= 4 is 17.1 Å². The third-order valence-electron chi connectivity index (χ3n) is 6.32. The van der Waals surface area contributed by atoms with Crippen LogP contribution in [-0.4, -0.2) is 33.8 Å². The molecule has 0 spiro atoms. The minimum absolute atomic E-state index is 0.0185. The highest BCUT2D eigenvalue weighted by molar-refractivity contribution is 6.01. The molecule has 33 heavy (non-hydrogen) atoms. The number of hydrogen-bond acceptors (Lipinski definition) is 5. The third-order valence-corrected chi connectivity index (χ3v) is 6.32. The summed E-state index contributed by atoms with van der Waals surface area (Å²) in [5.74, 6) is 0.244. The van der Waals surface area contributed by atoms with Crippen LogP contribution in [0.15, 0.2) is 71.4 Å². The highest BCUT2D eigenvalue weighted by Crippen LogP contribution is 2.42. The van der Waals surface area contributed by atoms with Crippen molar-refractivity contribution in [2.45, 2.75) is 38.2 Å². The Balaban J connectivity index is 1.54. The molecule has 6 heteroatoms. The molecular weight excluding hydrogens is 416 g/mol. The second-order valence-corrected chi connectivity index (χ2v) is 8.60. The van der Waals surface area contributed by atoms with E-state index in [2.05, 4.69) is 22.1 Å². The van der Waals surface area contributed by atoms with Crippen LogP contribution in [0.25, 0.3) is 33.6 Å². The number of benzene rings is 2. The minimum Gasteiger partial charge on any atom is -0.480 e. The van der Waals surface area contributed by atoms with E-state index in [1.165, 1.54) is 0 Å². The Hall–Kier alpha value is -3.51. The van der Waals surface area contributed by atoms with E-state index in [1.807, 2.05) is 48.5 Å². The molecule has 2 heterocycles. The summed E-state index contributed by atoms with van der Waals surface area (Å²) in [6, 6.07) is 20.3. The zero-order valence-electron chi connectivity index (χ0n) is 18.3. The summed E-state index contributed by atoms with van der Waals surface area (Å²) in [5, 5.41) is 9.90. The van der Waals surface area contributed by atoms with E-state index in [1.54, 1.807) is 6.33 Å². The molecule has 2 aromatic carbocycles. The van der Waals surface area contributed by atoms with Gasteiger partial charge in [-0.2, -0.15) is 0 Å². The molecule has 1 aliphatic rings. The highest BCUT2D eigenvalue weighted by atomic mass is 16.5. The van der Waals surface area contributed by atoms with Crippen LogP contribution < -0.4 is 0 Å².